The quantitative estimate of drug-likeness (QED) is 0.862. The van der Waals surface area contributed by atoms with E-state index in [0.29, 0.717) is 11.3 Å². The molecule has 0 radical (unpaired) electrons. The fourth-order valence-electron chi connectivity index (χ4n) is 2.79. The number of rotatable bonds is 3. The Morgan fingerprint density at radius 1 is 1.00 bits per heavy atom. The lowest BCUT2D eigenvalue weighted by Crippen LogP contribution is -2.38. The van der Waals surface area contributed by atoms with Crippen molar-refractivity contribution < 1.29 is 13.5 Å². The van der Waals surface area contributed by atoms with Crippen molar-refractivity contribution >= 4 is 5.69 Å². The number of ether oxygens (including phenoxy) is 1. The van der Waals surface area contributed by atoms with E-state index in [9.17, 15) is 8.78 Å². The van der Waals surface area contributed by atoms with E-state index in [0.717, 1.165) is 31.6 Å². The molecule has 3 rings (SSSR count). The monoisotopic (exact) mass is 314 g/mol. The van der Waals surface area contributed by atoms with E-state index in [1.165, 1.54) is 24.3 Å². The van der Waals surface area contributed by atoms with Gasteiger partial charge in [0.2, 0.25) is 0 Å². The maximum Gasteiger partial charge on any atom is 0.124 e. The van der Waals surface area contributed by atoms with Crippen molar-refractivity contribution in [3.8, 4) is 11.8 Å². The average molecular weight is 314 g/mol. The minimum atomic E-state index is -0.403. The highest BCUT2D eigenvalue weighted by molar-refractivity contribution is 5.59. The summed E-state index contributed by atoms with van der Waals surface area (Å²) in [7, 11) is 0. The Hall–Kier alpha value is -2.61. The van der Waals surface area contributed by atoms with Crippen molar-refractivity contribution in [2.75, 3.05) is 18.0 Å². The van der Waals surface area contributed by atoms with Gasteiger partial charge >= 0.3 is 0 Å². The van der Waals surface area contributed by atoms with Crippen LogP contribution in [0, 0.1) is 23.0 Å². The van der Waals surface area contributed by atoms with Crippen LogP contribution in [0.25, 0.3) is 0 Å². The lowest BCUT2D eigenvalue weighted by atomic mass is 10.0. The molecule has 0 amide bonds. The van der Waals surface area contributed by atoms with Gasteiger partial charge in [0.1, 0.15) is 29.6 Å². The Balaban J connectivity index is 1.62. The molecule has 1 aliphatic rings. The standard InChI is InChI=1S/C18H16F2N2O/c19-14-1-4-16(5-2-14)23-17-7-9-22(10-8-17)18-6-3-15(20)11-13(18)12-21/h1-6,11,17H,7-10H2. The summed E-state index contributed by atoms with van der Waals surface area (Å²) in [6, 6.07) is 12.3. The Bertz CT molecular complexity index is 717. The lowest BCUT2D eigenvalue weighted by molar-refractivity contribution is 0.171. The highest BCUT2D eigenvalue weighted by atomic mass is 19.1. The van der Waals surface area contributed by atoms with Crippen molar-refractivity contribution in [2.24, 2.45) is 0 Å². The Kier molecular flexibility index (Phi) is 4.42. The first kappa shape index (κ1) is 15.3. The number of anilines is 1. The van der Waals surface area contributed by atoms with Gasteiger partial charge in [-0.3, -0.25) is 0 Å². The molecule has 23 heavy (non-hydrogen) atoms. The molecule has 2 aromatic carbocycles. The van der Waals surface area contributed by atoms with Gasteiger partial charge in [0.25, 0.3) is 0 Å². The first-order valence-corrected chi connectivity index (χ1v) is 7.52. The summed E-state index contributed by atoms with van der Waals surface area (Å²) >= 11 is 0. The van der Waals surface area contributed by atoms with Crippen LogP contribution in [0.15, 0.2) is 42.5 Å². The molecule has 0 spiro atoms. The van der Waals surface area contributed by atoms with Crippen molar-refractivity contribution in [3.63, 3.8) is 0 Å². The fraction of sp³-hybridized carbons (Fsp3) is 0.278. The number of piperidine rings is 1. The first-order chi connectivity index (χ1) is 11.2. The van der Waals surface area contributed by atoms with E-state index in [1.807, 2.05) is 6.07 Å². The maximum atomic E-state index is 13.2. The normalized spacial score (nSPS) is 15.3. The van der Waals surface area contributed by atoms with E-state index in [1.54, 1.807) is 18.2 Å². The van der Waals surface area contributed by atoms with Gasteiger partial charge in [-0.15, -0.1) is 0 Å². The molecular weight excluding hydrogens is 298 g/mol. The Morgan fingerprint density at radius 2 is 1.65 bits per heavy atom. The summed E-state index contributed by atoms with van der Waals surface area (Å²) < 4.78 is 32.0. The smallest absolute Gasteiger partial charge is 0.124 e. The zero-order chi connectivity index (χ0) is 16.2. The topological polar surface area (TPSA) is 36.3 Å². The van der Waals surface area contributed by atoms with E-state index in [2.05, 4.69) is 4.90 Å². The SMILES string of the molecule is N#Cc1cc(F)ccc1N1CCC(Oc2ccc(F)cc2)CC1. The predicted molar refractivity (Wildman–Crippen MR) is 83.4 cm³/mol. The summed E-state index contributed by atoms with van der Waals surface area (Å²) in [6.07, 6.45) is 1.64. The number of halogens is 2. The predicted octanol–water partition coefficient (Wildman–Crippen LogP) is 3.88. The number of nitriles is 1. The van der Waals surface area contributed by atoms with Crippen LogP contribution in [0.4, 0.5) is 14.5 Å². The van der Waals surface area contributed by atoms with E-state index < -0.39 is 5.82 Å². The zero-order valence-corrected chi connectivity index (χ0v) is 12.5. The summed E-state index contributed by atoms with van der Waals surface area (Å²) in [5.41, 5.74) is 1.11. The molecule has 1 aliphatic heterocycles. The van der Waals surface area contributed by atoms with Gasteiger partial charge in [-0.05, 0) is 42.5 Å². The van der Waals surface area contributed by atoms with Gasteiger partial charge in [0.15, 0.2) is 0 Å². The second kappa shape index (κ2) is 6.66. The van der Waals surface area contributed by atoms with Crippen LogP contribution in [0.1, 0.15) is 18.4 Å². The Morgan fingerprint density at radius 3 is 2.30 bits per heavy atom. The minimum Gasteiger partial charge on any atom is -0.490 e. The molecule has 0 saturated carbocycles. The highest BCUT2D eigenvalue weighted by Crippen LogP contribution is 2.26. The van der Waals surface area contributed by atoms with Gasteiger partial charge < -0.3 is 9.64 Å². The van der Waals surface area contributed by atoms with Crippen LogP contribution in [0.5, 0.6) is 5.75 Å². The van der Waals surface area contributed by atoms with Crippen LogP contribution in [0.3, 0.4) is 0 Å². The third-order valence-corrected chi connectivity index (χ3v) is 3.98. The molecule has 0 N–H and O–H groups in total. The third-order valence-electron chi connectivity index (χ3n) is 3.98. The minimum absolute atomic E-state index is 0.0581. The van der Waals surface area contributed by atoms with Crippen molar-refractivity contribution in [1.29, 1.82) is 5.26 Å². The van der Waals surface area contributed by atoms with Crippen LogP contribution in [-0.2, 0) is 0 Å². The van der Waals surface area contributed by atoms with E-state index in [4.69, 9.17) is 10.00 Å². The van der Waals surface area contributed by atoms with Crippen LogP contribution >= 0.6 is 0 Å². The van der Waals surface area contributed by atoms with Crippen LogP contribution < -0.4 is 9.64 Å². The second-order valence-corrected chi connectivity index (χ2v) is 5.53. The fourth-order valence-corrected chi connectivity index (χ4v) is 2.79. The number of benzene rings is 2. The van der Waals surface area contributed by atoms with Crippen molar-refractivity contribution in [1.82, 2.24) is 0 Å². The summed E-state index contributed by atoms with van der Waals surface area (Å²) in [4.78, 5) is 2.07. The highest BCUT2D eigenvalue weighted by Gasteiger charge is 2.22. The molecule has 5 heteroatoms. The maximum absolute atomic E-state index is 13.2. The second-order valence-electron chi connectivity index (χ2n) is 5.53. The largest absolute Gasteiger partial charge is 0.490 e. The van der Waals surface area contributed by atoms with E-state index >= 15 is 0 Å². The summed E-state index contributed by atoms with van der Waals surface area (Å²) in [6.45, 7) is 1.46. The molecule has 118 valence electrons. The molecule has 1 fully saturated rings. The van der Waals surface area contributed by atoms with Gasteiger partial charge in [0, 0.05) is 25.9 Å². The molecule has 1 saturated heterocycles. The van der Waals surface area contributed by atoms with Crippen molar-refractivity contribution in [2.45, 2.75) is 18.9 Å². The lowest BCUT2D eigenvalue weighted by Gasteiger charge is -2.34. The number of hydrogen-bond acceptors (Lipinski definition) is 3. The van der Waals surface area contributed by atoms with Gasteiger partial charge in [-0.1, -0.05) is 0 Å². The van der Waals surface area contributed by atoms with Crippen molar-refractivity contribution in [3.05, 3.63) is 59.7 Å². The molecule has 0 bridgehead atoms. The molecule has 0 aliphatic carbocycles. The molecular formula is C18H16F2N2O. The van der Waals surface area contributed by atoms with Gasteiger partial charge in [-0.2, -0.15) is 5.26 Å². The van der Waals surface area contributed by atoms with Crippen LogP contribution in [-0.4, -0.2) is 19.2 Å². The molecule has 0 unspecified atom stereocenters. The van der Waals surface area contributed by atoms with Crippen LogP contribution in [0.2, 0.25) is 0 Å². The molecule has 2 aromatic rings. The Labute approximate surface area is 133 Å². The molecule has 1 heterocycles. The average Bonchev–Trinajstić information content (AvgIpc) is 2.58. The summed E-state index contributed by atoms with van der Waals surface area (Å²) in [5.74, 6) is -0.0308. The van der Waals surface area contributed by atoms with E-state index in [-0.39, 0.29) is 11.9 Å². The molecule has 3 nitrogen and oxygen atoms in total. The molecule has 0 atom stereocenters. The van der Waals surface area contributed by atoms with Gasteiger partial charge in [0.05, 0.1) is 11.3 Å². The summed E-state index contributed by atoms with van der Waals surface area (Å²) in [5, 5.41) is 9.14. The number of hydrogen-bond donors (Lipinski definition) is 0. The zero-order valence-electron chi connectivity index (χ0n) is 12.5. The third kappa shape index (κ3) is 3.59. The van der Waals surface area contributed by atoms with Gasteiger partial charge in [-0.25, -0.2) is 8.78 Å². The number of nitrogens with zero attached hydrogens (tertiary/aromatic N) is 2. The first-order valence-electron chi connectivity index (χ1n) is 7.52. The molecule has 0 aromatic heterocycles.